The van der Waals surface area contributed by atoms with Crippen molar-refractivity contribution >= 4 is 22.3 Å². The van der Waals surface area contributed by atoms with Crippen molar-refractivity contribution in [1.29, 1.82) is 0 Å². The van der Waals surface area contributed by atoms with Crippen molar-refractivity contribution in [3.05, 3.63) is 72.2 Å². The van der Waals surface area contributed by atoms with Crippen LogP contribution >= 0.6 is 0 Å². The Hall–Kier alpha value is -4.14. The van der Waals surface area contributed by atoms with Gasteiger partial charge in [-0.2, -0.15) is 4.98 Å². The maximum atomic E-state index is 12.7. The van der Waals surface area contributed by atoms with Crippen molar-refractivity contribution in [3.63, 3.8) is 0 Å². The number of nitrogens with zero attached hydrogens (tertiary/aromatic N) is 6. The summed E-state index contributed by atoms with van der Waals surface area (Å²) in [5, 5.41) is 17.0. The standard InChI is InChI=1S/C21H17N7O2/c1-2-16-24-21(30-27-16)15-8-5-11-28-17(25-26-19(15)28)12-23-20(29)18-14-7-4-3-6-13(14)9-10-22-18/h3-11H,2,12H2,1H3,(H,23,29). The molecule has 0 aliphatic heterocycles. The summed E-state index contributed by atoms with van der Waals surface area (Å²) in [4.78, 5) is 21.4. The number of pyridine rings is 2. The number of nitrogens with one attached hydrogen (secondary N) is 1. The zero-order chi connectivity index (χ0) is 20.5. The van der Waals surface area contributed by atoms with Crippen molar-refractivity contribution in [2.24, 2.45) is 0 Å². The van der Waals surface area contributed by atoms with Gasteiger partial charge in [-0.15, -0.1) is 10.2 Å². The molecule has 30 heavy (non-hydrogen) atoms. The minimum Gasteiger partial charge on any atom is -0.343 e. The van der Waals surface area contributed by atoms with Crippen LogP contribution in [0, 0.1) is 0 Å². The van der Waals surface area contributed by atoms with Crippen LogP contribution in [0.25, 0.3) is 27.9 Å². The highest BCUT2D eigenvalue weighted by Crippen LogP contribution is 2.22. The van der Waals surface area contributed by atoms with Gasteiger partial charge < -0.3 is 9.84 Å². The fourth-order valence-electron chi connectivity index (χ4n) is 3.30. The van der Waals surface area contributed by atoms with Crippen LogP contribution in [0.5, 0.6) is 0 Å². The number of hydrogen-bond acceptors (Lipinski definition) is 7. The Morgan fingerprint density at radius 2 is 2.03 bits per heavy atom. The summed E-state index contributed by atoms with van der Waals surface area (Å²) in [5.41, 5.74) is 1.64. The topological polar surface area (TPSA) is 111 Å². The van der Waals surface area contributed by atoms with Crippen LogP contribution in [0.3, 0.4) is 0 Å². The maximum absolute atomic E-state index is 12.7. The Bertz CT molecular complexity index is 1370. The second-order valence-corrected chi connectivity index (χ2v) is 6.66. The van der Waals surface area contributed by atoms with Gasteiger partial charge in [-0.05, 0) is 23.6 Å². The van der Waals surface area contributed by atoms with Crippen LogP contribution in [0.1, 0.15) is 29.1 Å². The summed E-state index contributed by atoms with van der Waals surface area (Å²) >= 11 is 0. The molecular weight excluding hydrogens is 382 g/mol. The molecule has 0 saturated heterocycles. The molecule has 0 atom stereocenters. The molecule has 0 unspecified atom stereocenters. The van der Waals surface area contributed by atoms with E-state index in [1.807, 2.05) is 55.6 Å². The van der Waals surface area contributed by atoms with Crippen LogP contribution in [0.4, 0.5) is 0 Å². The summed E-state index contributed by atoms with van der Waals surface area (Å²) in [7, 11) is 0. The molecule has 1 amide bonds. The number of aromatic nitrogens is 6. The van der Waals surface area contributed by atoms with Gasteiger partial charge in [-0.1, -0.05) is 36.3 Å². The van der Waals surface area contributed by atoms with E-state index in [2.05, 4.69) is 30.6 Å². The third-order valence-electron chi connectivity index (χ3n) is 4.82. The second kappa shape index (κ2) is 7.36. The van der Waals surface area contributed by atoms with Gasteiger partial charge in [0.25, 0.3) is 11.8 Å². The van der Waals surface area contributed by atoms with E-state index >= 15 is 0 Å². The van der Waals surface area contributed by atoms with E-state index in [4.69, 9.17) is 4.52 Å². The molecule has 0 aliphatic rings. The van der Waals surface area contributed by atoms with Gasteiger partial charge in [-0.3, -0.25) is 14.2 Å². The summed E-state index contributed by atoms with van der Waals surface area (Å²) in [6.45, 7) is 2.15. The fourth-order valence-corrected chi connectivity index (χ4v) is 3.30. The van der Waals surface area contributed by atoms with Crippen LogP contribution in [0.15, 0.2) is 59.4 Å². The van der Waals surface area contributed by atoms with Crippen molar-refractivity contribution in [2.75, 3.05) is 0 Å². The fraction of sp³-hybridized carbons (Fsp3) is 0.143. The van der Waals surface area contributed by atoms with Gasteiger partial charge in [0.05, 0.1) is 12.1 Å². The predicted octanol–water partition coefficient (Wildman–Crippen LogP) is 2.82. The minimum atomic E-state index is -0.274. The molecule has 1 N–H and O–H groups in total. The molecule has 0 spiro atoms. The smallest absolute Gasteiger partial charge is 0.270 e. The summed E-state index contributed by atoms with van der Waals surface area (Å²) < 4.78 is 7.13. The summed E-state index contributed by atoms with van der Waals surface area (Å²) in [5.74, 6) is 1.32. The second-order valence-electron chi connectivity index (χ2n) is 6.66. The molecule has 9 heteroatoms. The number of amides is 1. The molecule has 0 bridgehead atoms. The molecule has 1 aromatic carbocycles. The number of carbonyl (C=O) groups excluding carboxylic acids is 1. The molecule has 0 aliphatic carbocycles. The third kappa shape index (κ3) is 3.06. The first-order chi connectivity index (χ1) is 14.7. The lowest BCUT2D eigenvalue weighted by atomic mass is 10.1. The monoisotopic (exact) mass is 399 g/mol. The number of aryl methyl sites for hydroxylation is 1. The maximum Gasteiger partial charge on any atom is 0.270 e. The Morgan fingerprint density at radius 3 is 2.90 bits per heavy atom. The Balaban J connectivity index is 1.42. The van der Waals surface area contributed by atoms with Crippen molar-refractivity contribution < 1.29 is 9.32 Å². The molecular formula is C21H17N7O2. The number of hydrogen-bond donors (Lipinski definition) is 1. The SMILES string of the molecule is CCc1noc(-c2cccn3c(CNC(=O)c4nccc5ccccc45)nnc23)n1. The molecule has 5 rings (SSSR count). The summed E-state index contributed by atoms with van der Waals surface area (Å²) in [6, 6.07) is 13.2. The Labute approximate surface area is 170 Å². The zero-order valence-corrected chi connectivity index (χ0v) is 16.1. The molecule has 5 aromatic rings. The lowest BCUT2D eigenvalue weighted by Gasteiger charge is -2.07. The van der Waals surface area contributed by atoms with E-state index in [0.717, 1.165) is 10.8 Å². The van der Waals surface area contributed by atoms with Gasteiger partial charge in [0.15, 0.2) is 17.3 Å². The highest BCUT2D eigenvalue weighted by Gasteiger charge is 2.17. The normalized spacial score (nSPS) is 11.2. The van der Waals surface area contributed by atoms with E-state index in [-0.39, 0.29) is 12.5 Å². The Kier molecular flexibility index (Phi) is 4.40. The van der Waals surface area contributed by atoms with E-state index < -0.39 is 0 Å². The highest BCUT2D eigenvalue weighted by atomic mass is 16.5. The lowest BCUT2D eigenvalue weighted by Crippen LogP contribution is -2.25. The first kappa shape index (κ1) is 17.9. The van der Waals surface area contributed by atoms with Crippen LogP contribution < -0.4 is 5.32 Å². The van der Waals surface area contributed by atoms with Gasteiger partial charge in [-0.25, -0.2) is 0 Å². The van der Waals surface area contributed by atoms with E-state index in [9.17, 15) is 4.79 Å². The minimum absolute atomic E-state index is 0.193. The molecule has 148 valence electrons. The van der Waals surface area contributed by atoms with Crippen molar-refractivity contribution in [3.8, 4) is 11.5 Å². The number of rotatable bonds is 5. The van der Waals surface area contributed by atoms with E-state index in [1.54, 1.807) is 10.6 Å². The largest absolute Gasteiger partial charge is 0.343 e. The van der Waals surface area contributed by atoms with Crippen molar-refractivity contribution in [2.45, 2.75) is 19.9 Å². The van der Waals surface area contributed by atoms with Crippen LogP contribution in [-0.2, 0) is 13.0 Å². The Morgan fingerprint density at radius 1 is 1.13 bits per heavy atom. The zero-order valence-electron chi connectivity index (χ0n) is 16.1. The predicted molar refractivity (Wildman–Crippen MR) is 109 cm³/mol. The molecule has 0 saturated carbocycles. The van der Waals surface area contributed by atoms with Gasteiger partial charge in [0.1, 0.15) is 5.69 Å². The third-order valence-corrected chi connectivity index (χ3v) is 4.82. The quantitative estimate of drug-likeness (QED) is 0.484. The van der Waals surface area contributed by atoms with Gasteiger partial charge >= 0.3 is 0 Å². The van der Waals surface area contributed by atoms with Gasteiger partial charge in [0.2, 0.25) is 0 Å². The number of benzene rings is 1. The first-order valence-electron chi connectivity index (χ1n) is 9.52. The van der Waals surface area contributed by atoms with Crippen LogP contribution in [0.2, 0.25) is 0 Å². The average Bonchev–Trinajstić information content (AvgIpc) is 3.44. The van der Waals surface area contributed by atoms with Gasteiger partial charge in [0, 0.05) is 24.2 Å². The first-order valence-corrected chi connectivity index (χ1v) is 9.52. The lowest BCUT2D eigenvalue weighted by molar-refractivity contribution is 0.0946. The van der Waals surface area contributed by atoms with Crippen molar-refractivity contribution in [1.82, 2.24) is 35.0 Å². The number of carbonyl (C=O) groups is 1. The van der Waals surface area contributed by atoms with E-state index in [0.29, 0.717) is 40.9 Å². The molecule has 9 nitrogen and oxygen atoms in total. The average molecular weight is 399 g/mol. The molecule has 0 radical (unpaired) electrons. The number of fused-ring (bicyclic) bond motifs is 2. The van der Waals surface area contributed by atoms with Crippen LogP contribution in [-0.4, -0.2) is 35.6 Å². The molecule has 0 fully saturated rings. The molecule has 4 aromatic heterocycles. The molecule has 4 heterocycles. The van der Waals surface area contributed by atoms with E-state index in [1.165, 1.54) is 0 Å². The highest BCUT2D eigenvalue weighted by molar-refractivity contribution is 6.05. The summed E-state index contributed by atoms with van der Waals surface area (Å²) in [6.07, 6.45) is 4.14.